The van der Waals surface area contributed by atoms with Crippen LogP contribution in [0.1, 0.15) is 27.2 Å². The Morgan fingerprint density at radius 3 is 2.09 bits per heavy atom. The van der Waals surface area contributed by atoms with E-state index < -0.39 is 17.6 Å². The van der Waals surface area contributed by atoms with Gasteiger partial charge >= 0.3 is 6.18 Å². The first kappa shape index (κ1) is 23.8. The number of hydrogen-bond donors (Lipinski definition) is 1. The zero-order valence-corrected chi connectivity index (χ0v) is 18.4. The third-order valence-corrected chi connectivity index (χ3v) is 4.87. The largest absolute Gasteiger partial charge is 0.493 e. The molecule has 1 aromatic heterocycles. The molecule has 0 spiro atoms. The lowest BCUT2D eigenvalue weighted by Gasteiger charge is -2.14. The fourth-order valence-corrected chi connectivity index (χ4v) is 3.15. The van der Waals surface area contributed by atoms with Crippen LogP contribution in [0.25, 0.3) is 11.4 Å². The number of ether oxygens (including phenoxy) is 3. The van der Waals surface area contributed by atoms with Crippen molar-refractivity contribution in [3.05, 3.63) is 65.0 Å². The van der Waals surface area contributed by atoms with Gasteiger partial charge in [-0.3, -0.25) is 4.79 Å². The fraction of sp³-hybridized carbons (Fsp3) is 0.261. The highest BCUT2D eigenvalue weighted by molar-refractivity contribution is 5.95. The maximum Gasteiger partial charge on any atom is 0.416 e. The number of hydrogen-bond acceptors (Lipinski definition) is 6. The molecule has 0 radical (unpaired) electrons. The molecule has 10 heteroatoms. The number of nitrogens with one attached hydrogen (secondary N) is 1. The van der Waals surface area contributed by atoms with Gasteiger partial charge in [-0.1, -0.05) is 12.1 Å². The van der Waals surface area contributed by atoms with E-state index in [1.165, 1.54) is 39.7 Å². The molecule has 0 aliphatic heterocycles. The van der Waals surface area contributed by atoms with Crippen molar-refractivity contribution in [1.29, 1.82) is 0 Å². The normalized spacial score (nSPS) is 11.1. The van der Waals surface area contributed by atoms with E-state index in [4.69, 9.17) is 14.2 Å². The molecule has 0 aliphatic carbocycles. The SMILES string of the molecule is COc1cc(CNC(=O)c2cnc(-c3ccc(C(F)(F)F)cc3)nc2C)cc(OC)c1OC. The van der Waals surface area contributed by atoms with Gasteiger partial charge in [-0.15, -0.1) is 0 Å². The average molecular weight is 461 g/mol. The van der Waals surface area contributed by atoms with E-state index in [-0.39, 0.29) is 17.9 Å². The number of amides is 1. The van der Waals surface area contributed by atoms with Crippen LogP contribution in [-0.4, -0.2) is 37.2 Å². The fourth-order valence-electron chi connectivity index (χ4n) is 3.15. The molecule has 0 fully saturated rings. The summed E-state index contributed by atoms with van der Waals surface area (Å²) in [5, 5.41) is 2.78. The van der Waals surface area contributed by atoms with E-state index in [1.807, 2.05) is 0 Å². The molecule has 1 amide bonds. The summed E-state index contributed by atoms with van der Waals surface area (Å²) in [5.41, 5.74) is 1.01. The minimum absolute atomic E-state index is 0.176. The van der Waals surface area contributed by atoms with Crippen LogP contribution in [0.3, 0.4) is 0 Å². The number of methoxy groups -OCH3 is 3. The second-order valence-corrected chi connectivity index (χ2v) is 6.98. The Kier molecular flexibility index (Phi) is 7.05. The topological polar surface area (TPSA) is 82.6 Å². The number of carbonyl (C=O) groups excluding carboxylic acids is 1. The van der Waals surface area contributed by atoms with Crippen LogP contribution in [0, 0.1) is 6.92 Å². The molecule has 33 heavy (non-hydrogen) atoms. The number of aryl methyl sites for hydroxylation is 1. The van der Waals surface area contributed by atoms with Crippen LogP contribution >= 0.6 is 0 Å². The third-order valence-electron chi connectivity index (χ3n) is 4.87. The van der Waals surface area contributed by atoms with Crippen LogP contribution in [0.5, 0.6) is 17.2 Å². The number of rotatable bonds is 7. The lowest BCUT2D eigenvalue weighted by atomic mass is 10.1. The van der Waals surface area contributed by atoms with Gasteiger partial charge in [-0.25, -0.2) is 9.97 Å². The van der Waals surface area contributed by atoms with Gasteiger partial charge in [0.25, 0.3) is 5.91 Å². The highest BCUT2D eigenvalue weighted by Gasteiger charge is 2.30. The molecule has 0 bridgehead atoms. The Bertz CT molecular complexity index is 1120. The Labute approximate surface area is 188 Å². The molecule has 0 saturated carbocycles. The van der Waals surface area contributed by atoms with Gasteiger partial charge in [0.05, 0.1) is 38.2 Å². The molecule has 2 aromatic carbocycles. The zero-order valence-electron chi connectivity index (χ0n) is 18.4. The maximum absolute atomic E-state index is 12.7. The Hall–Kier alpha value is -3.82. The standard InChI is InChI=1S/C23H22F3N3O4/c1-13-17(12-27-21(29-13)15-5-7-16(8-6-15)23(24,25)26)22(30)28-11-14-9-18(31-2)20(33-4)19(10-14)32-3/h5-10,12H,11H2,1-4H3,(H,28,30). The first-order chi connectivity index (χ1) is 15.7. The van der Waals surface area contributed by atoms with Crippen molar-refractivity contribution >= 4 is 5.91 Å². The first-order valence-corrected chi connectivity index (χ1v) is 9.76. The van der Waals surface area contributed by atoms with Crippen molar-refractivity contribution in [2.24, 2.45) is 0 Å². The molecule has 3 aromatic rings. The number of halogens is 3. The lowest BCUT2D eigenvalue weighted by Crippen LogP contribution is -2.24. The summed E-state index contributed by atoms with van der Waals surface area (Å²) in [4.78, 5) is 21.1. The Balaban J connectivity index is 1.75. The number of carbonyl (C=O) groups is 1. The van der Waals surface area contributed by atoms with Gasteiger partial charge in [0.1, 0.15) is 0 Å². The van der Waals surface area contributed by atoms with Crippen LogP contribution in [0.2, 0.25) is 0 Å². The maximum atomic E-state index is 12.7. The van der Waals surface area contributed by atoms with Crippen LogP contribution in [-0.2, 0) is 12.7 Å². The predicted octanol–water partition coefficient (Wildman–Crippen LogP) is 4.43. The Morgan fingerprint density at radius 1 is 1.00 bits per heavy atom. The molecule has 0 unspecified atom stereocenters. The molecule has 7 nitrogen and oxygen atoms in total. The summed E-state index contributed by atoms with van der Waals surface area (Å²) in [6, 6.07) is 7.96. The monoisotopic (exact) mass is 461 g/mol. The second-order valence-electron chi connectivity index (χ2n) is 6.98. The minimum Gasteiger partial charge on any atom is -0.493 e. The molecular weight excluding hydrogens is 439 g/mol. The molecule has 1 N–H and O–H groups in total. The van der Waals surface area contributed by atoms with Crippen LogP contribution in [0.15, 0.2) is 42.6 Å². The number of nitrogens with zero attached hydrogens (tertiary/aromatic N) is 2. The van der Waals surface area contributed by atoms with Gasteiger partial charge in [-0.2, -0.15) is 13.2 Å². The van der Waals surface area contributed by atoms with Crippen molar-refractivity contribution in [3.8, 4) is 28.6 Å². The highest BCUT2D eigenvalue weighted by atomic mass is 19.4. The minimum atomic E-state index is -4.42. The molecule has 1 heterocycles. The third kappa shape index (κ3) is 5.33. The van der Waals surface area contributed by atoms with Gasteiger partial charge in [0, 0.05) is 18.3 Å². The summed E-state index contributed by atoms with van der Waals surface area (Å²) in [7, 11) is 4.50. The average Bonchev–Trinajstić information content (AvgIpc) is 2.81. The molecular formula is C23H22F3N3O4. The van der Waals surface area contributed by atoms with Crippen molar-refractivity contribution in [2.45, 2.75) is 19.6 Å². The second kappa shape index (κ2) is 9.76. The van der Waals surface area contributed by atoms with Gasteiger partial charge in [0.15, 0.2) is 17.3 Å². The summed E-state index contributed by atoms with van der Waals surface area (Å²) in [6.07, 6.45) is -3.07. The van der Waals surface area contributed by atoms with Gasteiger partial charge < -0.3 is 19.5 Å². The molecule has 0 atom stereocenters. The van der Waals surface area contributed by atoms with Crippen molar-refractivity contribution in [3.63, 3.8) is 0 Å². The number of alkyl halides is 3. The van der Waals surface area contributed by atoms with Gasteiger partial charge in [-0.05, 0) is 36.8 Å². The summed E-state index contributed by atoms with van der Waals surface area (Å²) in [6.45, 7) is 1.80. The lowest BCUT2D eigenvalue weighted by molar-refractivity contribution is -0.137. The first-order valence-electron chi connectivity index (χ1n) is 9.76. The summed E-state index contributed by atoms with van der Waals surface area (Å²) >= 11 is 0. The van der Waals surface area contributed by atoms with E-state index in [1.54, 1.807) is 19.1 Å². The number of aromatic nitrogens is 2. The smallest absolute Gasteiger partial charge is 0.416 e. The quantitative estimate of drug-likeness (QED) is 0.561. The molecule has 0 aliphatic rings. The van der Waals surface area contributed by atoms with Crippen LogP contribution < -0.4 is 19.5 Å². The highest BCUT2D eigenvalue weighted by Crippen LogP contribution is 2.38. The zero-order chi connectivity index (χ0) is 24.2. The molecule has 174 valence electrons. The number of benzene rings is 2. The summed E-state index contributed by atoms with van der Waals surface area (Å²) in [5.74, 6) is 1.18. The van der Waals surface area contributed by atoms with E-state index in [0.29, 0.717) is 28.5 Å². The van der Waals surface area contributed by atoms with Crippen molar-refractivity contribution in [1.82, 2.24) is 15.3 Å². The van der Waals surface area contributed by atoms with E-state index in [2.05, 4.69) is 15.3 Å². The van der Waals surface area contributed by atoms with E-state index >= 15 is 0 Å². The van der Waals surface area contributed by atoms with Gasteiger partial charge in [0.2, 0.25) is 5.75 Å². The Morgan fingerprint density at radius 2 is 1.61 bits per heavy atom. The van der Waals surface area contributed by atoms with Crippen molar-refractivity contribution in [2.75, 3.05) is 21.3 Å². The van der Waals surface area contributed by atoms with Crippen molar-refractivity contribution < 1.29 is 32.2 Å². The molecule has 3 rings (SSSR count). The van der Waals surface area contributed by atoms with E-state index in [9.17, 15) is 18.0 Å². The summed E-state index contributed by atoms with van der Waals surface area (Å²) < 4.78 is 54.2. The van der Waals surface area contributed by atoms with Crippen LogP contribution in [0.4, 0.5) is 13.2 Å². The molecule has 0 saturated heterocycles. The predicted molar refractivity (Wildman–Crippen MR) is 114 cm³/mol. The van der Waals surface area contributed by atoms with E-state index in [0.717, 1.165) is 17.7 Å².